The zero-order chi connectivity index (χ0) is 17.2. The average Bonchev–Trinajstić information content (AvgIpc) is 2.84. The quantitative estimate of drug-likeness (QED) is 0.889. The van der Waals surface area contributed by atoms with E-state index in [0.29, 0.717) is 16.5 Å². The van der Waals surface area contributed by atoms with E-state index in [-0.39, 0.29) is 6.03 Å². The van der Waals surface area contributed by atoms with Gasteiger partial charge in [-0.15, -0.1) is 0 Å². The number of rotatable bonds is 3. The SMILES string of the molecule is CC1(C)ON=C(c2ccc(Cl)cc2)N1NC(=O)Nc1ccccc1. The van der Waals surface area contributed by atoms with E-state index in [2.05, 4.69) is 15.9 Å². The van der Waals surface area contributed by atoms with Gasteiger partial charge in [0.15, 0.2) is 5.84 Å². The molecule has 7 heteroatoms. The number of amides is 2. The molecule has 1 aliphatic rings. The highest BCUT2D eigenvalue weighted by Crippen LogP contribution is 2.25. The average molecular weight is 345 g/mol. The number of benzene rings is 2. The van der Waals surface area contributed by atoms with Crippen LogP contribution in [0.3, 0.4) is 0 Å². The van der Waals surface area contributed by atoms with Crippen molar-refractivity contribution < 1.29 is 9.63 Å². The summed E-state index contributed by atoms with van der Waals surface area (Å²) in [5.41, 5.74) is 3.43. The number of hydrogen-bond donors (Lipinski definition) is 2. The van der Waals surface area contributed by atoms with Crippen molar-refractivity contribution in [2.24, 2.45) is 5.16 Å². The van der Waals surface area contributed by atoms with E-state index in [1.807, 2.05) is 44.2 Å². The monoisotopic (exact) mass is 344 g/mol. The number of nitrogens with zero attached hydrogens (tertiary/aromatic N) is 2. The van der Waals surface area contributed by atoms with Crippen molar-refractivity contribution >= 4 is 29.2 Å². The molecule has 1 heterocycles. The summed E-state index contributed by atoms with van der Waals surface area (Å²) >= 11 is 5.92. The van der Waals surface area contributed by atoms with Gasteiger partial charge >= 0.3 is 6.03 Å². The Hall–Kier alpha value is -2.73. The summed E-state index contributed by atoms with van der Waals surface area (Å²) in [4.78, 5) is 17.7. The number of halogens is 1. The topological polar surface area (TPSA) is 66.0 Å². The summed E-state index contributed by atoms with van der Waals surface area (Å²) in [6, 6.07) is 15.9. The maximum Gasteiger partial charge on any atom is 0.338 e. The molecule has 0 fully saturated rings. The molecule has 0 radical (unpaired) electrons. The van der Waals surface area contributed by atoms with E-state index in [4.69, 9.17) is 16.4 Å². The maximum absolute atomic E-state index is 12.3. The summed E-state index contributed by atoms with van der Waals surface area (Å²) in [5, 5.41) is 9.05. The Labute approximate surface area is 145 Å². The van der Waals surface area contributed by atoms with Crippen molar-refractivity contribution in [1.29, 1.82) is 0 Å². The number of carbonyl (C=O) groups excluding carboxylic acids is 1. The third-order valence-electron chi connectivity index (χ3n) is 3.45. The minimum absolute atomic E-state index is 0.388. The Morgan fingerprint density at radius 1 is 1.12 bits per heavy atom. The zero-order valence-corrected chi connectivity index (χ0v) is 14.0. The molecular formula is C17H17ClN4O2. The minimum Gasteiger partial charge on any atom is -0.364 e. The first-order valence-electron chi connectivity index (χ1n) is 7.41. The molecule has 2 aromatic rings. The molecule has 2 aromatic carbocycles. The van der Waals surface area contributed by atoms with Crippen LogP contribution in [0.2, 0.25) is 5.02 Å². The molecule has 0 saturated carbocycles. The van der Waals surface area contributed by atoms with Crippen LogP contribution in [0, 0.1) is 0 Å². The first kappa shape index (κ1) is 16.1. The van der Waals surface area contributed by atoms with E-state index in [0.717, 1.165) is 5.56 Å². The molecule has 0 bridgehead atoms. The first-order chi connectivity index (χ1) is 11.5. The molecule has 0 saturated heterocycles. The molecular weight excluding hydrogens is 328 g/mol. The molecule has 24 heavy (non-hydrogen) atoms. The first-order valence-corrected chi connectivity index (χ1v) is 7.78. The molecule has 1 aliphatic heterocycles. The fourth-order valence-corrected chi connectivity index (χ4v) is 2.37. The summed E-state index contributed by atoms with van der Waals surface area (Å²) in [6.07, 6.45) is 0. The maximum atomic E-state index is 12.3. The fourth-order valence-electron chi connectivity index (χ4n) is 2.24. The van der Waals surface area contributed by atoms with E-state index >= 15 is 0 Å². The van der Waals surface area contributed by atoms with Crippen LogP contribution < -0.4 is 10.7 Å². The normalized spacial score (nSPS) is 15.5. The third-order valence-corrected chi connectivity index (χ3v) is 3.71. The lowest BCUT2D eigenvalue weighted by Gasteiger charge is -2.31. The van der Waals surface area contributed by atoms with Crippen LogP contribution in [0.25, 0.3) is 0 Å². The number of carbonyl (C=O) groups is 1. The zero-order valence-electron chi connectivity index (χ0n) is 13.3. The van der Waals surface area contributed by atoms with Crippen LogP contribution in [0.4, 0.5) is 10.5 Å². The lowest BCUT2D eigenvalue weighted by atomic mass is 10.2. The van der Waals surface area contributed by atoms with Gasteiger partial charge in [0, 0.05) is 16.3 Å². The molecule has 3 rings (SSSR count). The van der Waals surface area contributed by atoms with Crippen molar-refractivity contribution in [2.75, 3.05) is 5.32 Å². The molecule has 6 nitrogen and oxygen atoms in total. The van der Waals surface area contributed by atoms with Gasteiger partial charge in [-0.3, -0.25) is 0 Å². The third kappa shape index (κ3) is 3.44. The summed E-state index contributed by atoms with van der Waals surface area (Å²) < 4.78 is 0. The van der Waals surface area contributed by atoms with Crippen molar-refractivity contribution in [1.82, 2.24) is 10.4 Å². The Balaban J connectivity index is 1.77. The van der Waals surface area contributed by atoms with Crippen LogP contribution in [-0.4, -0.2) is 22.6 Å². The van der Waals surface area contributed by atoms with Gasteiger partial charge in [0.1, 0.15) is 0 Å². The van der Waals surface area contributed by atoms with Crippen molar-refractivity contribution in [3.05, 3.63) is 65.2 Å². The van der Waals surface area contributed by atoms with Crippen molar-refractivity contribution in [3.63, 3.8) is 0 Å². The van der Waals surface area contributed by atoms with Gasteiger partial charge < -0.3 is 10.2 Å². The summed E-state index contributed by atoms with van der Waals surface area (Å²) in [5.74, 6) is 0.500. The van der Waals surface area contributed by atoms with Gasteiger partial charge in [-0.1, -0.05) is 35.0 Å². The Bertz CT molecular complexity index is 760. The number of urea groups is 1. The van der Waals surface area contributed by atoms with Gasteiger partial charge in [-0.25, -0.2) is 15.2 Å². The molecule has 0 atom stereocenters. The van der Waals surface area contributed by atoms with Gasteiger partial charge in [0.05, 0.1) is 0 Å². The van der Waals surface area contributed by atoms with Crippen LogP contribution in [-0.2, 0) is 4.84 Å². The largest absolute Gasteiger partial charge is 0.364 e. The van der Waals surface area contributed by atoms with Gasteiger partial charge in [-0.05, 0) is 50.2 Å². The van der Waals surface area contributed by atoms with Crippen LogP contribution in [0.5, 0.6) is 0 Å². The number of para-hydroxylation sites is 1. The van der Waals surface area contributed by atoms with Crippen molar-refractivity contribution in [3.8, 4) is 0 Å². The lowest BCUT2D eigenvalue weighted by Crippen LogP contribution is -2.55. The molecule has 2 N–H and O–H groups in total. The van der Waals surface area contributed by atoms with E-state index in [1.165, 1.54) is 0 Å². The number of hydrazine groups is 1. The number of hydrogen-bond acceptors (Lipinski definition) is 4. The fraction of sp³-hybridized carbons (Fsp3) is 0.176. The molecule has 0 unspecified atom stereocenters. The van der Waals surface area contributed by atoms with Crippen molar-refractivity contribution in [2.45, 2.75) is 19.6 Å². The predicted octanol–water partition coefficient (Wildman–Crippen LogP) is 3.81. The Morgan fingerprint density at radius 3 is 2.46 bits per heavy atom. The number of amidine groups is 1. The second kappa shape index (κ2) is 6.41. The van der Waals surface area contributed by atoms with Crippen LogP contribution in [0.1, 0.15) is 19.4 Å². The highest BCUT2D eigenvalue weighted by molar-refractivity contribution is 6.30. The van der Waals surface area contributed by atoms with E-state index in [1.54, 1.807) is 29.3 Å². The Morgan fingerprint density at radius 2 is 1.79 bits per heavy atom. The minimum atomic E-state index is -0.816. The number of oxime groups is 1. The Kier molecular flexibility index (Phi) is 4.31. The number of nitrogens with one attached hydrogen (secondary N) is 2. The molecule has 124 valence electrons. The lowest BCUT2D eigenvalue weighted by molar-refractivity contribution is -0.0805. The van der Waals surface area contributed by atoms with E-state index < -0.39 is 5.72 Å². The van der Waals surface area contributed by atoms with Gasteiger partial charge in [0.2, 0.25) is 5.72 Å². The second-order valence-electron chi connectivity index (χ2n) is 5.73. The smallest absolute Gasteiger partial charge is 0.338 e. The standard InChI is InChI=1S/C17H17ClN4O2/c1-17(2)22(20-16(23)19-14-6-4-3-5-7-14)15(21-24-17)12-8-10-13(18)11-9-12/h3-11H,1-2H3,(H2,19,20,23). The highest BCUT2D eigenvalue weighted by atomic mass is 35.5. The molecule has 0 aliphatic carbocycles. The van der Waals surface area contributed by atoms with E-state index in [9.17, 15) is 4.79 Å². The molecule has 2 amide bonds. The molecule has 0 aromatic heterocycles. The summed E-state index contributed by atoms with van der Waals surface area (Å²) in [6.45, 7) is 3.62. The summed E-state index contributed by atoms with van der Waals surface area (Å²) in [7, 11) is 0. The highest BCUT2D eigenvalue weighted by Gasteiger charge is 2.39. The van der Waals surface area contributed by atoms with Crippen LogP contribution >= 0.6 is 11.6 Å². The second-order valence-corrected chi connectivity index (χ2v) is 6.16. The predicted molar refractivity (Wildman–Crippen MR) is 93.6 cm³/mol. The molecule has 0 spiro atoms. The van der Waals surface area contributed by atoms with Crippen LogP contribution in [0.15, 0.2) is 59.8 Å². The van der Waals surface area contributed by atoms with Gasteiger partial charge in [0.25, 0.3) is 0 Å². The number of anilines is 1. The van der Waals surface area contributed by atoms with Gasteiger partial charge in [-0.2, -0.15) is 0 Å².